The minimum Gasteiger partial charge on any atom is -0.489 e. The number of hydrogen-bond acceptors (Lipinski definition) is 6. The van der Waals surface area contributed by atoms with Gasteiger partial charge in [0.15, 0.2) is 0 Å². The third-order valence-corrected chi connectivity index (χ3v) is 7.68. The van der Waals surface area contributed by atoms with Crippen LogP contribution in [0.4, 0.5) is 0 Å². The van der Waals surface area contributed by atoms with Gasteiger partial charge in [-0.1, -0.05) is 48.1 Å². The minimum absolute atomic E-state index is 0.0553. The molecule has 0 radical (unpaired) electrons. The summed E-state index contributed by atoms with van der Waals surface area (Å²) in [6.07, 6.45) is 3.56. The van der Waals surface area contributed by atoms with Crippen LogP contribution < -0.4 is 4.74 Å². The van der Waals surface area contributed by atoms with E-state index < -0.39 is 5.97 Å². The molecule has 6 nitrogen and oxygen atoms in total. The molecular weight excluding hydrogens is 482 g/mol. The highest BCUT2D eigenvalue weighted by molar-refractivity contribution is 7.17. The number of hydrogen-bond donors (Lipinski definition) is 1. The number of carboxylic acid groups (broad SMARTS) is 1. The third kappa shape index (κ3) is 6.21. The van der Waals surface area contributed by atoms with E-state index in [-0.39, 0.29) is 12.0 Å². The first kappa shape index (κ1) is 25.6. The first-order chi connectivity index (χ1) is 16.9. The Morgan fingerprint density at radius 1 is 1.26 bits per heavy atom. The molecule has 2 heterocycles. The topological polar surface area (TPSA) is 75.6 Å². The predicted molar refractivity (Wildman–Crippen MR) is 141 cm³/mol. The molecule has 0 spiro atoms. The molecule has 186 valence electrons. The Balaban J connectivity index is 1.52. The van der Waals surface area contributed by atoms with Gasteiger partial charge in [0.1, 0.15) is 15.8 Å². The Morgan fingerprint density at radius 2 is 2.06 bits per heavy atom. The van der Waals surface area contributed by atoms with Crippen molar-refractivity contribution < 1.29 is 14.6 Å². The van der Waals surface area contributed by atoms with Gasteiger partial charge in [0.25, 0.3) is 0 Å². The zero-order chi connectivity index (χ0) is 24.9. The molecule has 1 aliphatic rings. The second kappa shape index (κ2) is 11.5. The van der Waals surface area contributed by atoms with Crippen molar-refractivity contribution in [3.05, 3.63) is 52.5 Å². The Bertz CT molecular complexity index is 1180. The molecule has 0 saturated carbocycles. The molecule has 1 fully saturated rings. The lowest BCUT2D eigenvalue weighted by Gasteiger charge is -2.30. The average molecular weight is 514 g/mol. The number of piperidine rings is 1. The maximum absolute atomic E-state index is 11.4. The summed E-state index contributed by atoms with van der Waals surface area (Å²) in [5.41, 5.74) is 4.60. The summed E-state index contributed by atoms with van der Waals surface area (Å²) >= 11 is 7.99. The number of rotatable bonds is 9. The van der Waals surface area contributed by atoms with Crippen LogP contribution in [0.3, 0.4) is 0 Å². The summed E-state index contributed by atoms with van der Waals surface area (Å²) in [6, 6.07) is 12.1. The first-order valence-electron chi connectivity index (χ1n) is 12.2. The Labute approximate surface area is 215 Å². The van der Waals surface area contributed by atoms with Gasteiger partial charge in [0, 0.05) is 24.2 Å². The molecule has 0 aliphatic carbocycles. The van der Waals surface area contributed by atoms with Crippen molar-refractivity contribution in [3.8, 4) is 26.9 Å². The fraction of sp³-hybridized carbons (Fsp3) is 0.444. The fourth-order valence-electron chi connectivity index (χ4n) is 4.66. The number of nitrogens with zero attached hydrogens (tertiary/aromatic N) is 3. The number of ether oxygens (including phenoxy) is 1. The highest BCUT2D eigenvalue weighted by Crippen LogP contribution is 2.36. The van der Waals surface area contributed by atoms with Gasteiger partial charge in [-0.3, -0.25) is 4.79 Å². The van der Waals surface area contributed by atoms with E-state index >= 15 is 0 Å². The predicted octanol–water partition coefficient (Wildman–Crippen LogP) is 6.21. The maximum Gasteiger partial charge on any atom is 0.307 e. The zero-order valence-electron chi connectivity index (χ0n) is 20.5. The van der Waals surface area contributed by atoms with Gasteiger partial charge in [-0.05, 0) is 75.4 Å². The van der Waals surface area contributed by atoms with Crippen molar-refractivity contribution in [3.63, 3.8) is 0 Å². The highest BCUT2D eigenvalue weighted by Gasteiger charge is 2.25. The number of aliphatic carboxylic acids is 1. The number of halogens is 1. The number of aromatic nitrogens is 2. The normalized spacial score (nSPS) is 16.5. The molecule has 1 atom stereocenters. The van der Waals surface area contributed by atoms with Crippen molar-refractivity contribution in [2.24, 2.45) is 5.92 Å². The van der Waals surface area contributed by atoms with Crippen LogP contribution in [-0.4, -0.2) is 51.9 Å². The first-order valence-corrected chi connectivity index (χ1v) is 13.4. The monoisotopic (exact) mass is 513 g/mol. The van der Waals surface area contributed by atoms with Gasteiger partial charge in [0.2, 0.25) is 0 Å². The minimum atomic E-state index is -0.679. The van der Waals surface area contributed by atoms with E-state index in [1.54, 1.807) is 11.3 Å². The fourth-order valence-corrected chi connectivity index (χ4v) is 5.78. The standard InChI is InChI=1S/C27H32ClN3O3S/c1-4-21-18(12-14-31-13-6-8-20(16-31)27(32)33)7-5-9-22(21)26-30-29-25(35-26)19-10-11-24(23(28)15-19)34-17(2)3/h5,7,9-11,15,17,20H,4,6,8,12-14,16H2,1-3H3,(H,32,33). The molecule has 35 heavy (non-hydrogen) atoms. The number of benzene rings is 2. The van der Waals surface area contributed by atoms with Gasteiger partial charge in [-0.25, -0.2) is 0 Å². The molecule has 2 aromatic carbocycles. The van der Waals surface area contributed by atoms with Crippen molar-refractivity contribution >= 4 is 28.9 Å². The summed E-state index contributed by atoms with van der Waals surface area (Å²) in [4.78, 5) is 13.7. The Kier molecular flexibility index (Phi) is 8.42. The number of carbonyl (C=O) groups is 1. The molecule has 1 unspecified atom stereocenters. The molecule has 0 amide bonds. The molecule has 1 aromatic heterocycles. The molecule has 1 N–H and O–H groups in total. The molecule has 1 aliphatic heterocycles. The van der Waals surface area contributed by atoms with Crippen LogP contribution in [0.15, 0.2) is 36.4 Å². The highest BCUT2D eigenvalue weighted by atomic mass is 35.5. The van der Waals surface area contributed by atoms with Crippen molar-refractivity contribution in [1.29, 1.82) is 0 Å². The summed E-state index contributed by atoms with van der Waals surface area (Å²) in [6.45, 7) is 8.58. The van der Waals surface area contributed by atoms with Gasteiger partial charge < -0.3 is 14.7 Å². The largest absolute Gasteiger partial charge is 0.489 e. The van der Waals surface area contributed by atoms with E-state index in [1.165, 1.54) is 11.1 Å². The van der Waals surface area contributed by atoms with Gasteiger partial charge in [-0.2, -0.15) is 0 Å². The van der Waals surface area contributed by atoms with Crippen molar-refractivity contribution in [2.75, 3.05) is 19.6 Å². The van der Waals surface area contributed by atoms with Crippen LogP contribution in [0, 0.1) is 5.92 Å². The van der Waals surface area contributed by atoms with Crippen molar-refractivity contribution in [1.82, 2.24) is 15.1 Å². The lowest BCUT2D eigenvalue weighted by Crippen LogP contribution is -2.39. The van der Waals surface area contributed by atoms with Crippen LogP contribution in [-0.2, 0) is 17.6 Å². The van der Waals surface area contributed by atoms with Crippen LogP contribution in [0.25, 0.3) is 21.1 Å². The third-order valence-electron chi connectivity index (χ3n) is 6.38. The summed E-state index contributed by atoms with van der Waals surface area (Å²) in [7, 11) is 0. The van der Waals surface area contributed by atoms with Crippen LogP contribution in [0.1, 0.15) is 44.7 Å². The second-order valence-corrected chi connectivity index (χ2v) is 10.6. The quantitative estimate of drug-likeness (QED) is 0.366. The van der Waals surface area contributed by atoms with Gasteiger partial charge in [-0.15, -0.1) is 10.2 Å². The van der Waals surface area contributed by atoms with E-state index in [1.807, 2.05) is 32.0 Å². The number of carboxylic acids is 1. The van der Waals surface area contributed by atoms with E-state index in [2.05, 4.69) is 40.2 Å². The average Bonchev–Trinajstić information content (AvgIpc) is 3.34. The molecular formula is C27H32ClN3O3S. The molecule has 1 saturated heterocycles. The Hall–Kier alpha value is -2.48. The SMILES string of the molecule is CCc1c(CCN2CCCC(C(=O)O)C2)cccc1-c1nnc(-c2ccc(OC(C)C)c(Cl)c2)s1. The van der Waals surface area contributed by atoms with Crippen LogP contribution in [0.5, 0.6) is 5.75 Å². The molecule has 8 heteroatoms. The summed E-state index contributed by atoms with van der Waals surface area (Å²) in [5, 5.41) is 20.6. The summed E-state index contributed by atoms with van der Waals surface area (Å²) in [5.74, 6) is -0.263. The zero-order valence-corrected chi connectivity index (χ0v) is 22.0. The van der Waals surface area contributed by atoms with E-state index in [0.717, 1.165) is 59.9 Å². The molecule has 0 bridgehead atoms. The Morgan fingerprint density at radius 3 is 2.77 bits per heavy atom. The lowest BCUT2D eigenvalue weighted by molar-refractivity contribution is -0.143. The second-order valence-electron chi connectivity index (χ2n) is 9.25. The van der Waals surface area contributed by atoms with Crippen LogP contribution in [0.2, 0.25) is 5.02 Å². The van der Waals surface area contributed by atoms with Gasteiger partial charge >= 0.3 is 5.97 Å². The smallest absolute Gasteiger partial charge is 0.307 e. The van der Waals surface area contributed by atoms with Gasteiger partial charge in [0.05, 0.1) is 17.0 Å². The maximum atomic E-state index is 11.4. The van der Waals surface area contributed by atoms with Crippen LogP contribution >= 0.6 is 22.9 Å². The van der Waals surface area contributed by atoms with E-state index in [4.69, 9.17) is 16.3 Å². The molecule has 3 aromatic rings. The molecule has 4 rings (SSSR count). The van der Waals surface area contributed by atoms with E-state index in [9.17, 15) is 9.90 Å². The number of likely N-dealkylation sites (tertiary alicyclic amines) is 1. The van der Waals surface area contributed by atoms with Crippen molar-refractivity contribution in [2.45, 2.75) is 52.6 Å². The summed E-state index contributed by atoms with van der Waals surface area (Å²) < 4.78 is 5.74. The van der Waals surface area contributed by atoms with E-state index in [0.29, 0.717) is 17.3 Å². The lowest BCUT2D eigenvalue weighted by atomic mass is 9.95.